The van der Waals surface area contributed by atoms with Crippen molar-refractivity contribution in [2.24, 2.45) is 5.73 Å². The predicted molar refractivity (Wildman–Crippen MR) is 53.3 cm³/mol. The number of rotatable bonds is 3. The molecule has 1 rings (SSSR count). The number of amides is 1. The highest BCUT2D eigenvalue weighted by Crippen LogP contribution is 2.16. The van der Waals surface area contributed by atoms with Crippen molar-refractivity contribution in [3.8, 4) is 0 Å². The minimum atomic E-state index is -1.07. The number of carbonyl (C=O) groups excluding carboxylic acids is 1. The van der Waals surface area contributed by atoms with Crippen LogP contribution in [0.3, 0.4) is 0 Å². The third-order valence-electron chi connectivity index (χ3n) is 1.99. The first-order valence-electron chi connectivity index (χ1n) is 4.56. The van der Waals surface area contributed by atoms with Crippen molar-refractivity contribution >= 4 is 11.6 Å². The molecule has 0 aliphatic heterocycles. The van der Waals surface area contributed by atoms with Crippen LogP contribution in [-0.2, 0) is 4.79 Å². The zero-order valence-corrected chi connectivity index (χ0v) is 8.26. The van der Waals surface area contributed by atoms with Gasteiger partial charge in [-0.3, -0.25) is 4.79 Å². The van der Waals surface area contributed by atoms with E-state index in [0.29, 0.717) is 6.42 Å². The summed E-state index contributed by atoms with van der Waals surface area (Å²) < 4.78 is 25.9. The van der Waals surface area contributed by atoms with E-state index in [1.807, 2.05) is 0 Å². The molecule has 5 heteroatoms. The first kappa shape index (κ1) is 11.6. The van der Waals surface area contributed by atoms with Gasteiger partial charge in [-0.15, -0.1) is 0 Å². The lowest BCUT2D eigenvalue weighted by atomic mass is 10.2. The summed E-state index contributed by atoms with van der Waals surface area (Å²) >= 11 is 0. The lowest BCUT2D eigenvalue weighted by Gasteiger charge is -2.10. The largest absolute Gasteiger partial charge is 0.322 e. The van der Waals surface area contributed by atoms with Crippen LogP contribution in [0.5, 0.6) is 0 Å². The van der Waals surface area contributed by atoms with E-state index in [4.69, 9.17) is 5.73 Å². The number of benzene rings is 1. The van der Waals surface area contributed by atoms with Crippen LogP contribution in [-0.4, -0.2) is 11.9 Å². The molecule has 82 valence electrons. The summed E-state index contributed by atoms with van der Waals surface area (Å²) in [5, 5.41) is 2.22. The van der Waals surface area contributed by atoms with Crippen molar-refractivity contribution in [2.75, 3.05) is 5.32 Å². The van der Waals surface area contributed by atoms with Crippen LogP contribution < -0.4 is 11.1 Å². The molecule has 0 heterocycles. The van der Waals surface area contributed by atoms with Gasteiger partial charge >= 0.3 is 0 Å². The number of nitrogens with one attached hydrogen (secondary N) is 1. The van der Waals surface area contributed by atoms with Gasteiger partial charge in [-0.25, -0.2) is 8.78 Å². The quantitative estimate of drug-likeness (QED) is 0.803. The summed E-state index contributed by atoms with van der Waals surface area (Å²) in [6.07, 6.45) is 0.433. The molecule has 1 atom stereocenters. The second-order valence-corrected chi connectivity index (χ2v) is 3.11. The van der Waals surface area contributed by atoms with Crippen molar-refractivity contribution in [3.63, 3.8) is 0 Å². The normalized spacial score (nSPS) is 12.3. The molecular weight excluding hydrogens is 202 g/mol. The summed E-state index contributed by atoms with van der Waals surface area (Å²) in [6.45, 7) is 1.73. The van der Waals surface area contributed by atoms with Gasteiger partial charge in [0.25, 0.3) is 0 Å². The number of hydrogen-bond donors (Lipinski definition) is 2. The molecular formula is C10H12F2N2O. The molecule has 0 saturated heterocycles. The van der Waals surface area contributed by atoms with E-state index >= 15 is 0 Å². The molecule has 0 aliphatic carbocycles. The number of nitrogens with two attached hydrogens (primary N) is 1. The second-order valence-electron chi connectivity index (χ2n) is 3.11. The molecule has 0 radical (unpaired) electrons. The van der Waals surface area contributed by atoms with E-state index in [1.165, 1.54) is 12.1 Å². The Bertz CT molecular complexity index is 368. The van der Waals surface area contributed by atoms with Crippen LogP contribution in [0, 0.1) is 11.6 Å². The molecule has 1 aromatic carbocycles. The van der Waals surface area contributed by atoms with Gasteiger partial charge in [-0.2, -0.15) is 0 Å². The Balaban J connectivity index is 2.81. The maximum Gasteiger partial charge on any atom is 0.241 e. The molecule has 0 aliphatic rings. The highest BCUT2D eigenvalue weighted by molar-refractivity contribution is 5.94. The molecule has 3 nitrogen and oxygen atoms in total. The van der Waals surface area contributed by atoms with E-state index < -0.39 is 23.6 Å². The van der Waals surface area contributed by atoms with Gasteiger partial charge in [0.2, 0.25) is 5.91 Å². The zero-order chi connectivity index (χ0) is 11.4. The minimum Gasteiger partial charge on any atom is -0.322 e. The summed E-state index contributed by atoms with van der Waals surface area (Å²) in [6, 6.07) is 2.85. The Morgan fingerprint density at radius 2 is 2.20 bits per heavy atom. The van der Waals surface area contributed by atoms with Crippen LogP contribution in [0.1, 0.15) is 13.3 Å². The maximum absolute atomic E-state index is 13.1. The summed E-state index contributed by atoms with van der Waals surface area (Å²) in [5.41, 5.74) is 5.23. The van der Waals surface area contributed by atoms with Gasteiger partial charge in [0.05, 0.1) is 11.7 Å². The molecule has 3 N–H and O–H groups in total. The Hall–Kier alpha value is -1.49. The lowest BCUT2D eigenvalue weighted by Crippen LogP contribution is -2.35. The van der Waals surface area contributed by atoms with Crippen molar-refractivity contribution in [2.45, 2.75) is 19.4 Å². The molecule has 0 unspecified atom stereocenters. The first-order chi connectivity index (χ1) is 7.06. The topological polar surface area (TPSA) is 55.1 Å². The molecule has 1 aromatic rings. The smallest absolute Gasteiger partial charge is 0.241 e. The molecule has 0 aromatic heterocycles. The van der Waals surface area contributed by atoms with Gasteiger partial charge in [-0.05, 0) is 18.6 Å². The molecule has 0 fully saturated rings. The van der Waals surface area contributed by atoms with Gasteiger partial charge < -0.3 is 11.1 Å². The van der Waals surface area contributed by atoms with Crippen molar-refractivity contribution in [3.05, 3.63) is 29.8 Å². The molecule has 15 heavy (non-hydrogen) atoms. The van der Waals surface area contributed by atoms with Crippen LogP contribution in [0.4, 0.5) is 14.5 Å². The predicted octanol–water partition coefficient (Wildman–Crippen LogP) is 1.64. The number of hydrogen-bond acceptors (Lipinski definition) is 2. The van der Waals surface area contributed by atoms with Crippen molar-refractivity contribution in [1.29, 1.82) is 0 Å². The zero-order valence-electron chi connectivity index (χ0n) is 8.26. The van der Waals surface area contributed by atoms with E-state index in [2.05, 4.69) is 5.32 Å². The third-order valence-corrected chi connectivity index (χ3v) is 1.99. The molecule has 0 saturated carbocycles. The number of anilines is 1. The monoisotopic (exact) mass is 214 g/mol. The summed E-state index contributed by atoms with van der Waals surface area (Å²) in [5.74, 6) is -2.60. The van der Waals surface area contributed by atoms with Gasteiger partial charge in [-0.1, -0.05) is 13.0 Å². The fourth-order valence-electron chi connectivity index (χ4n) is 1.01. The Morgan fingerprint density at radius 3 is 2.80 bits per heavy atom. The highest BCUT2D eigenvalue weighted by Gasteiger charge is 2.14. The van der Waals surface area contributed by atoms with Gasteiger partial charge in [0.1, 0.15) is 0 Å². The number of halogens is 2. The minimum absolute atomic E-state index is 0.191. The fraction of sp³-hybridized carbons (Fsp3) is 0.300. The van der Waals surface area contributed by atoms with Crippen LogP contribution in [0.2, 0.25) is 0 Å². The van der Waals surface area contributed by atoms with E-state index in [-0.39, 0.29) is 5.69 Å². The maximum atomic E-state index is 13.1. The average molecular weight is 214 g/mol. The molecule has 0 spiro atoms. The summed E-state index contributed by atoms with van der Waals surface area (Å²) in [4.78, 5) is 11.3. The fourth-order valence-corrected chi connectivity index (χ4v) is 1.01. The first-order valence-corrected chi connectivity index (χ1v) is 4.56. The summed E-state index contributed by atoms with van der Waals surface area (Å²) in [7, 11) is 0. The van der Waals surface area contributed by atoms with E-state index in [9.17, 15) is 13.6 Å². The SMILES string of the molecule is CC[C@H](N)C(=O)Nc1cccc(F)c1F. The van der Waals surface area contributed by atoms with Gasteiger partial charge in [0.15, 0.2) is 11.6 Å². The Kier molecular flexibility index (Phi) is 3.74. The lowest BCUT2D eigenvalue weighted by molar-refractivity contribution is -0.117. The van der Waals surface area contributed by atoms with E-state index in [0.717, 1.165) is 6.07 Å². The highest BCUT2D eigenvalue weighted by atomic mass is 19.2. The standard InChI is InChI=1S/C10H12F2N2O/c1-2-7(13)10(15)14-8-5-3-4-6(11)9(8)12/h3-5,7H,2,13H2,1H3,(H,14,15)/t7-/m0/s1. The van der Waals surface area contributed by atoms with Crippen molar-refractivity contribution in [1.82, 2.24) is 0 Å². The van der Waals surface area contributed by atoms with Crippen molar-refractivity contribution < 1.29 is 13.6 Å². The Morgan fingerprint density at radius 1 is 1.53 bits per heavy atom. The number of carbonyl (C=O) groups is 1. The van der Waals surface area contributed by atoms with Crippen LogP contribution >= 0.6 is 0 Å². The third kappa shape index (κ3) is 2.73. The average Bonchev–Trinajstić information content (AvgIpc) is 2.23. The van der Waals surface area contributed by atoms with Crippen LogP contribution in [0.25, 0.3) is 0 Å². The Labute approximate surface area is 86.3 Å². The second kappa shape index (κ2) is 4.84. The molecule has 0 bridgehead atoms. The van der Waals surface area contributed by atoms with Gasteiger partial charge in [0, 0.05) is 0 Å². The van der Waals surface area contributed by atoms with Crippen LogP contribution in [0.15, 0.2) is 18.2 Å². The van der Waals surface area contributed by atoms with E-state index in [1.54, 1.807) is 6.92 Å². The molecule has 1 amide bonds.